The van der Waals surface area contributed by atoms with E-state index in [1.807, 2.05) is 0 Å². The number of rotatable bonds is 5. The molecule has 0 aromatic heterocycles. The molecule has 1 fully saturated rings. The minimum atomic E-state index is -0.915. The van der Waals surface area contributed by atoms with E-state index in [-0.39, 0.29) is 24.4 Å². The maximum absolute atomic E-state index is 13.0. The summed E-state index contributed by atoms with van der Waals surface area (Å²) in [5.74, 6) is -1.43. The van der Waals surface area contributed by atoms with Gasteiger partial charge in [-0.1, -0.05) is 19.1 Å². The second kappa shape index (κ2) is 7.44. The van der Waals surface area contributed by atoms with E-state index in [4.69, 9.17) is 5.11 Å². The summed E-state index contributed by atoms with van der Waals surface area (Å²) in [4.78, 5) is 24.4. The molecule has 0 saturated heterocycles. The van der Waals surface area contributed by atoms with Gasteiger partial charge in [0.15, 0.2) is 0 Å². The van der Waals surface area contributed by atoms with Gasteiger partial charge >= 0.3 is 12.0 Å². The lowest BCUT2D eigenvalue weighted by molar-refractivity contribution is -0.141. The van der Waals surface area contributed by atoms with Gasteiger partial charge in [0.25, 0.3) is 0 Å². The van der Waals surface area contributed by atoms with Gasteiger partial charge in [-0.2, -0.15) is 0 Å². The third-order valence-electron chi connectivity index (χ3n) is 4.42. The van der Waals surface area contributed by atoms with Crippen molar-refractivity contribution in [2.24, 2.45) is 5.92 Å². The van der Waals surface area contributed by atoms with E-state index < -0.39 is 11.9 Å². The van der Waals surface area contributed by atoms with Crippen LogP contribution in [0.3, 0.4) is 0 Å². The van der Waals surface area contributed by atoms with Gasteiger partial charge in [-0.25, -0.2) is 9.18 Å². The number of nitrogens with one attached hydrogen (secondary N) is 1. The highest BCUT2D eigenvalue weighted by atomic mass is 19.1. The maximum atomic E-state index is 13.0. The number of urea groups is 1. The number of carboxylic acid groups (broad SMARTS) is 1. The zero-order chi connectivity index (χ0) is 17.0. The molecule has 3 unspecified atom stereocenters. The molecule has 0 bridgehead atoms. The first-order valence-corrected chi connectivity index (χ1v) is 7.86. The number of hydrogen-bond donors (Lipinski definition) is 2. The molecule has 1 aromatic rings. The van der Waals surface area contributed by atoms with Gasteiger partial charge < -0.3 is 15.3 Å². The SMILES string of the molecule is CC(CN(C)C(=O)NC1CCC(c2ccc(F)cc2)C1)C(=O)O. The molecular weight excluding hydrogens is 299 g/mol. The van der Waals surface area contributed by atoms with Gasteiger partial charge in [0, 0.05) is 19.6 Å². The fraction of sp³-hybridized carbons (Fsp3) is 0.529. The lowest BCUT2D eigenvalue weighted by atomic mass is 9.97. The van der Waals surface area contributed by atoms with Crippen LogP contribution in [0.15, 0.2) is 24.3 Å². The summed E-state index contributed by atoms with van der Waals surface area (Å²) >= 11 is 0. The first-order chi connectivity index (χ1) is 10.9. The van der Waals surface area contributed by atoms with E-state index in [1.54, 1.807) is 26.1 Å². The Kier molecular flexibility index (Phi) is 5.58. The van der Waals surface area contributed by atoms with Crippen molar-refractivity contribution in [3.63, 3.8) is 0 Å². The summed E-state index contributed by atoms with van der Waals surface area (Å²) in [5, 5.41) is 11.8. The summed E-state index contributed by atoms with van der Waals surface area (Å²) in [6.45, 7) is 1.75. The molecular formula is C17H23FN2O3. The molecule has 0 radical (unpaired) electrons. The topological polar surface area (TPSA) is 69.6 Å². The number of carbonyl (C=O) groups excluding carboxylic acids is 1. The number of halogens is 1. The zero-order valence-electron chi connectivity index (χ0n) is 13.5. The molecule has 3 atom stereocenters. The Morgan fingerprint density at radius 1 is 1.35 bits per heavy atom. The Bertz CT molecular complexity index is 561. The number of aliphatic carboxylic acids is 1. The molecule has 23 heavy (non-hydrogen) atoms. The summed E-state index contributed by atoms with van der Waals surface area (Å²) in [6, 6.07) is 6.34. The second-order valence-corrected chi connectivity index (χ2v) is 6.33. The predicted octanol–water partition coefficient (Wildman–Crippen LogP) is 2.82. The molecule has 0 aliphatic heterocycles. The first-order valence-electron chi connectivity index (χ1n) is 7.86. The third-order valence-corrected chi connectivity index (χ3v) is 4.42. The fourth-order valence-electron chi connectivity index (χ4n) is 3.01. The Balaban J connectivity index is 1.84. The Morgan fingerprint density at radius 2 is 2.00 bits per heavy atom. The van der Waals surface area contributed by atoms with E-state index in [9.17, 15) is 14.0 Å². The number of carbonyl (C=O) groups is 2. The molecule has 2 N–H and O–H groups in total. The fourth-order valence-corrected chi connectivity index (χ4v) is 3.01. The molecule has 1 aromatic carbocycles. The summed E-state index contributed by atoms with van der Waals surface area (Å²) in [6.07, 6.45) is 2.64. The third kappa shape index (κ3) is 4.68. The van der Waals surface area contributed by atoms with Crippen molar-refractivity contribution < 1.29 is 19.1 Å². The van der Waals surface area contributed by atoms with Crippen LogP contribution in [0.25, 0.3) is 0 Å². The molecule has 126 valence electrons. The average molecular weight is 322 g/mol. The van der Waals surface area contributed by atoms with Gasteiger partial charge in [-0.3, -0.25) is 4.79 Å². The molecule has 1 saturated carbocycles. The number of amides is 2. The van der Waals surface area contributed by atoms with Crippen molar-refractivity contribution >= 4 is 12.0 Å². The van der Waals surface area contributed by atoms with E-state index in [0.717, 1.165) is 24.8 Å². The van der Waals surface area contributed by atoms with E-state index in [1.165, 1.54) is 17.0 Å². The minimum Gasteiger partial charge on any atom is -0.481 e. The smallest absolute Gasteiger partial charge is 0.317 e. The Labute approximate surface area is 135 Å². The van der Waals surface area contributed by atoms with Crippen molar-refractivity contribution in [3.8, 4) is 0 Å². The number of nitrogens with zero attached hydrogens (tertiary/aromatic N) is 1. The van der Waals surface area contributed by atoms with Crippen LogP contribution in [0, 0.1) is 11.7 Å². The lowest BCUT2D eigenvalue weighted by Gasteiger charge is -2.22. The van der Waals surface area contributed by atoms with Crippen LogP contribution < -0.4 is 5.32 Å². The molecule has 0 heterocycles. The summed E-state index contributed by atoms with van der Waals surface area (Å²) in [7, 11) is 1.60. The molecule has 1 aliphatic rings. The number of carboxylic acids is 1. The highest BCUT2D eigenvalue weighted by molar-refractivity contribution is 5.76. The largest absolute Gasteiger partial charge is 0.481 e. The maximum Gasteiger partial charge on any atom is 0.317 e. The van der Waals surface area contributed by atoms with E-state index in [0.29, 0.717) is 5.92 Å². The van der Waals surface area contributed by atoms with Crippen LogP contribution in [0.5, 0.6) is 0 Å². The average Bonchev–Trinajstić information content (AvgIpc) is 2.96. The van der Waals surface area contributed by atoms with Crippen molar-refractivity contribution in [2.75, 3.05) is 13.6 Å². The van der Waals surface area contributed by atoms with E-state index >= 15 is 0 Å². The highest BCUT2D eigenvalue weighted by Crippen LogP contribution is 2.34. The van der Waals surface area contributed by atoms with Gasteiger partial charge in [-0.05, 0) is 42.9 Å². The molecule has 5 nitrogen and oxygen atoms in total. The molecule has 0 spiro atoms. The summed E-state index contributed by atoms with van der Waals surface area (Å²) < 4.78 is 13.0. The van der Waals surface area contributed by atoms with Gasteiger partial charge in [0.05, 0.1) is 5.92 Å². The van der Waals surface area contributed by atoms with Crippen molar-refractivity contribution in [1.82, 2.24) is 10.2 Å². The standard InChI is InChI=1S/C17H23FN2O3/c1-11(16(21)22)10-20(2)17(23)19-15-8-5-13(9-15)12-3-6-14(18)7-4-12/h3-4,6-7,11,13,15H,5,8-10H2,1-2H3,(H,19,23)(H,21,22). The van der Waals surface area contributed by atoms with Gasteiger partial charge in [0.2, 0.25) is 0 Å². The van der Waals surface area contributed by atoms with Crippen molar-refractivity contribution in [3.05, 3.63) is 35.6 Å². The number of benzene rings is 1. The normalized spacial score (nSPS) is 21.7. The second-order valence-electron chi connectivity index (χ2n) is 6.33. The molecule has 2 rings (SSSR count). The molecule has 6 heteroatoms. The van der Waals surface area contributed by atoms with Crippen molar-refractivity contribution in [2.45, 2.75) is 38.1 Å². The van der Waals surface area contributed by atoms with Crippen molar-refractivity contribution in [1.29, 1.82) is 0 Å². The minimum absolute atomic E-state index is 0.0696. The van der Waals surface area contributed by atoms with Crippen LogP contribution in [-0.4, -0.2) is 41.6 Å². The first kappa shape index (κ1) is 17.2. The van der Waals surface area contributed by atoms with E-state index in [2.05, 4.69) is 5.32 Å². The Hall–Kier alpha value is -2.11. The summed E-state index contributed by atoms with van der Waals surface area (Å²) in [5.41, 5.74) is 1.09. The van der Waals surface area contributed by atoms with Crippen LogP contribution in [0.1, 0.15) is 37.7 Å². The van der Waals surface area contributed by atoms with Crippen LogP contribution in [0.2, 0.25) is 0 Å². The predicted molar refractivity (Wildman–Crippen MR) is 84.7 cm³/mol. The zero-order valence-corrected chi connectivity index (χ0v) is 13.5. The lowest BCUT2D eigenvalue weighted by Crippen LogP contribution is -2.44. The molecule has 2 amide bonds. The molecule has 1 aliphatic carbocycles. The van der Waals surface area contributed by atoms with Crippen LogP contribution in [-0.2, 0) is 4.79 Å². The van der Waals surface area contributed by atoms with Gasteiger partial charge in [0.1, 0.15) is 5.82 Å². The van der Waals surface area contributed by atoms with Gasteiger partial charge in [-0.15, -0.1) is 0 Å². The van der Waals surface area contributed by atoms with Crippen LogP contribution >= 0.6 is 0 Å². The Morgan fingerprint density at radius 3 is 2.61 bits per heavy atom. The number of hydrogen-bond acceptors (Lipinski definition) is 2. The quantitative estimate of drug-likeness (QED) is 0.876. The van der Waals surface area contributed by atoms with Crippen LogP contribution in [0.4, 0.5) is 9.18 Å². The highest BCUT2D eigenvalue weighted by Gasteiger charge is 2.28. The monoisotopic (exact) mass is 322 g/mol.